The van der Waals surface area contributed by atoms with E-state index < -0.39 is 34.7 Å². The summed E-state index contributed by atoms with van der Waals surface area (Å²) in [7, 11) is -0.722. The maximum absolute atomic E-state index is 10.1. The molecule has 4 atom stereocenters. The SMILES string of the molecule is O=[PH](O)O.[B][C@H]1C[C@@H](O)[C@@H](CO[PH](=O)O)O1.[Y]. The van der Waals surface area contributed by atoms with Crippen molar-refractivity contribution >= 4 is 24.4 Å². The van der Waals surface area contributed by atoms with E-state index in [1.54, 1.807) is 0 Å². The first-order valence-corrected chi connectivity index (χ1v) is 6.76. The van der Waals surface area contributed by atoms with Gasteiger partial charge < -0.3 is 29.0 Å². The van der Waals surface area contributed by atoms with E-state index in [0.29, 0.717) is 6.42 Å². The van der Waals surface area contributed by atoms with Gasteiger partial charge in [0.25, 0.3) is 0 Å². The van der Waals surface area contributed by atoms with Crippen LogP contribution in [0.5, 0.6) is 0 Å². The quantitative estimate of drug-likeness (QED) is 0.348. The van der Waals surface area contributed by atoms with Crippen molar-refractivity contribution in [2.24, 2.45) is 0 Å². The van der Waals surface area contributed by atoms with E-state index in [1.807, 2.05) is 0 Å². The van der Waals surface area contributed by atoms with E-state index in [0.717, 1.165) is 0 Å². The number of ether oxygens (including phenoxy) is 1. The molecule has 4 N–H and O–H groups in total. The number of rotatable bonds is 3. The first-order valence-electron chi connectivity index (χ1n) is 4.19. The Kier molecular flexibility index (Phi) is 13.7. The fourth-order valence-electron chi connectivity index (χ4n) is 1.06. The van der Waals surface area contributed by atoms with Crippen LogP contribution in [0.1, 0.15) is 6.42 Å². The molecule has 1 rings (SSSR count). The third-order valence-electron chi connectivity index (χ3n) is 1.62. The predicted octanol–water partition coefficient (Wildman–Crippen LogP) is -1.61. The zero-order valence-corrected chi connectivity index (χ0v) is 13.6. The van der Waals surface area contributed by atoms with Gasteiger partial charge in [0.2, 0.25) is 0 Å². The second-order valence-corrected chi connectivity index (χ2v) is 4.26. The minimum absolute atomic E-state index is 0. The summed E-state index contributed by atoms with van der Waals surface area (Å²) in [6.45, 7) is -0.0941. The van der Waals surface area contributed by atoms with E-state index in [1.165, 1.54) is 0 Å². The molecule has 12 heteroatoms. The number of aliphatic hydroxyl groups is 1. The molecule has 1 fully saturated rings. The Hall–Kier alpha value is 1.39. The number of hydrogen-bond acceptors (Lipinski definition) is 5. The summed E-state index contributed by atoms with van der Waals surface area (Å²) in [5.74, 6) is 0. The monoisotopic (exact) mass is 363 g/mol. The molecule has 0 bridgehead atoms. The van der Waals surface area contributed by atoms with Gasteiger partial charge in [-0.15, -0.1) is 0 Å². The van der Waals surface area contributed by atoms with Crippen LogP contribution in [-0.4, -0.2) is 52.5 Å². The molecule has 3 radical (unpaired) electrons. The van der Waals surface area contributed by atoms with Crippen molar-refractivity contribution in [2.75, 3.05) is 6.61 Å². The minimum Gasteiger partial charge on any atom is -0.390 e. The first kappa shape index (κ1) is 20.7. The second kappa shape index (κ2) is 11.2. The van der Waals surface area contributed by atoms with Crippen molar-refractivity contribution in [2.45, 2.75) is 24.6 Å². The van der Waals surface area contributed by atoms with E-state index in [2.05, 4.69) is 4.52 Å². The van der Waals surface area contributed by atoms with Crippen LogP contribution in [0.4, 0.5) is 0 Å². The Morgan fingerprint density at radius 1 is 1.35 bits per heavy atom. The fraction of sp³-hybridized carbons (Fsp3) is 1.00. The van der Waals surface area contributed by atoms with Crippen LogP contribution in [0.3, 0.4) is 0 Å². The molecule has 1 heterocycles. The standard InChI is InChI=1S/C5H10BO5P.H3O3P.Y/c6-5-1-3(7)4(11-5)2-10-12(8)9;1-4(2)3;/h3-5,7,12H,1-2H2,(H,8,9);4H,(H2,1,2,3);/t3-,4-,5-;;/m1../s1. The van der Waals surface area contributed by atoms with Crippen molar-refractivity contribution in [3.05, 3.63) is 0 Å². The van der Waals surface area contributed by atoms with Crippen molar-refractivity contribution in [1.29, 1.82) is 0 Å². The molecule has 0 aliphatic carbocycles. The first-order chi connectivity index (χ1) is 7.32. The van der Waals surface area contributed by atoms with Crippen molar-refractivity contribution < 1.29 is 70.9 Å². The predicted molar refractivity (Wildman–Crippen MR) is 55.7 cm³/mol. The van der Waals surface area contributed by atoms with E-state index in [9.17, 15) is 9.67 Å². The van der Waals surface area contributed by atoms with Gasteiger partial charge in [0.05, 0.1) is 12.7 Å². The van der Waals surface area contributed by atoms with Gasteiger partial charge in [-0.1, -0.05) is 0 Å². The Morgan fingerprint density at radius 3 is 2.12 bits per heavy atom. The van der Waals surface area contributed by atoms with Gasteiger partial charge >= 0.3 is 16.5 Å². The van der Waals surface area contributed by atoms with Gasteiger partial charge in [-0.25, -0.2) is 0 Å². The van der Waals surface area contributed by atoms with Crippen molar-refractivity contribution in [3.8, 4) is 0 Å². The Bertz CT molecular complexity index is 252. The summed E-state index contributed by atoms with van der Waals surface area (Å²) in [5, 5.41) is 9.21. The van der Waals surface area contributed by atoms with Crippen molar-refractivity contribution in [1.82, 2.24) is 0 Å². The number of hydrogen-bond donors (Lipinski definition) is 4. The summed E-state index contributed by atoms with van der Waals surface area (Å²) in [6, 6.07) is -0.505. The average molecular weight is 363 g/mol. The topological polar surface area (TPSA) is 134 Å². The summed E-state index contributed by atoms with van der Waals surface area (Å²) in [4.78, 5) is 22.6. The molecule has 0 aromatic carbocycles. The molecule has 0 aromatic rings. The molecular formula is C5H13BO8P2Y. The van der Waals surface area contributed by atoms with Gasteiger partial charge in [-0.3, -0.25) is 9.13 Å². The molecule has 1 unspecified atom stereocenters. The third-order valence-corrected chi connectivity index (χ3v) is 2.04. The minimum atomic E-state index is -3.13. The molecule has 0 saturated carbocycles. The molecule has 8 nitrogen and oxygen atoms in total. The zero-order chi connectivity index (χ0) is 12.7. The third kappa shape index (κ3) is 12.2. The molecule has 1 aliphatic heterocycles. The largest absolute Gasteiger partial charge is 0.390 e. The summed E-state index contributed by atoms with van der Waals surface area (Å²) in [6.07, 6.45) is -0.956. The summed E-state index contributed by atoms with van der Waals surface area (Å²) >= 11 is 0. The van der Waals surface area contributed by atoms with Crippen LogP contribution >= 0.6 is 16.5 Å². The van der Waals surface area contributed by atoms with Gasteiger partial charge in [0.15, 0.2) is 0 Å². The molecule has 0 spiro atoms. The molecular weight excluding hydrogens is 350 g/mol. The molecule has 97 valence electrons. The molecule has 1 saturated heterocycles. The Morgan fingerprint density at radius 2 is 1.82 bits per heavy atom. The second-order valence-electron chi connectivity index (χ2n) is 2.88. The maximum atomic E-state index is 10.1. The van der Waals surface area contributed by atoms with Crippen molar-refractivity contribution in [3.63, 3.8) is 0 Å². The zero-order valence-electron chi connectivity index (χ0n) is 8.72. The van der Waals surface area contributed by atoms with E-state index in [-0.39, 0.29) is 39.3 Å². The molecule has 17 heavy (non-hydrogen) atoms. The van der Waals surface area contributed by atoms with Gasteiger partial charge in [-0.05, 0) is 6.42 Å². The van der Waals surface area contributed by atoms with Gasteiger partial charge in [-0.2, -0.15) is 0 Å². The molecule has 0 aromatic heterocycles. The van der Waals surface area contributed by atoms with Crippen LogP contribution < -0.4 is 0 Å². The van der Waals surface area contributed by atoms with E-state index >= 15 is 0 Å². The summed E-state index contributed by atoms with van der Waals surface area (Å²) in [5.41, 5.74) is 0. The molecule has 1 aliphatic rings. The van der Waals surface area contributed by atoms with Crippen LogP contribution in [0.2, 0.25) is 0 Å². The van der Waals surface area contributed by atoms with E-state index in [4.69, 9.17) is 31.8 Å². The van der Waals surface area contributed by atoms with Crippen LogP contribution in [-0.2, 0) is 51.1 Å². The van der Waals surface area contributed by atoms with Gasteiger partial charge in [0.1, 0.15) is 14.0 Å². The maximum Gasteiger partial charge on any atom is 0.316 e. The van der Waals surface area contributed by atoms with Gasteiger partial charge in [0, 0.05) is 38.7 Å². The van der Waals surface area contributed by atoms with Crippen LogP contribution in [0, 0.1) is 0 Å². The Balaban J connectivity index is 0. The normalized spacial score (nSPS) is 29.1. The molecule has 0 amide bonds. The summed E-state index contributed by atoms with van der Waals surface area (Å²) < 4.78 is 28.3. The van der Waals surface area contributed by atoms with Crippen LogP contribution in [0.25, 0.3) is 0 Å². The smallest absolute Gasteiger partial charge is 0.316 e. The Labute approximate surface area is 126 Å². The fourth-order valence-corrected chi connectivity index (χ4v) is 1.37. The number of aliphatic hydroxyl groups excluding tert-OH is 1. The average Bonchev–Trinajstić information content (AvgIpc) is 2.40. The van der Waals surface area contributed by atoms with Crippen LogP contribution in [0.15, 0.2) is 0 Å².